The van der Waals surface area contributed by atoms with Gasteiger partial charge in [0.1, 0.15) is 5.75 Å². The van der Waals surface area contributed by atoms with Crippen molar-refractivity contribution in [3.8, 4) is 5.75 Å². The fourth-order valence-electron chi connectivity index (χ4n) is 1.84. The minimum Gasteiger partial charge on any atom is -0.493 e. The van der Waals surface area contributed by atoms with Gasteiger partial charge >= 0.3 is 0 Å². The summed E-state index contributed by atoms with van der Waals surface area (Å²) in [4.78, 5) is 14.6. The first-order valence-corrected chi connectivity index (χ1v) is 6.35. The standard InChI is InChI=1S/C15H16N2O3/c1-11-3-4-13(16-10-11)7-8-20-14-5-6-15(17(18)19)12(2)9-14/h3-6,9-10H,7-8H2,1-2H3. The zero-order valence-corrected chi connectivity index (χ0v) is 11.5. The molecule has 0 atom stereocenters. The van der Waals surface area contributed by atoms with Crippen LogP contribution >= 0.6 is 0 Å². The molecule has 0 N–H and O–H groups in total. The number of ether oxygens (including phenoxy) is 1. The molecule has 2 aromatic rings. The van der Waals surface area contributed by atoms with Gasteiger partial charge in [0.2, 0.25) is 0 Å². The molecular weight excluding hydrogens is 256 g/mol. The second kappa shape index (κ2) is 6.14. The third kappa shape index (κ3) is 3.54. The van der Waals surface area contributed by atoms with Crippen molar-refractivity contribution in [1.82, 2.24) is 4.98 Å². The van der Waals surface area contributed by atoms with Crippen LogP contribution in [0.2, 0.25) is 0 Å². The van der Waals surface area contributed by atoms with E-state index in [0.717, 1.165) is 11.3 Å². The number of rotatable bonds is 5. The summed E-state index contributed by atoms with van der Waals surface area (Å²) in [5, 5.41) is 10.7. The van der Waals surface area contributed by atoms with Crippen molar-refractivity contribution in [2.45, 2.75) is 20.3 Å². The molecule has 0 aliphatic rings. The van der Waals surface area contributed by atoms with Gasteiger partial charge in [-0.25, -0.2) is 0 Å². The fraction of sp³-hybridized carbons (Fsp3) is 0.267. The first kappa shape index (κ1) is 14.0. The van der Waals surface area contributed by atoms with Crippen LogP contribution in [0.15, 0.2) is 36.5 Å². The first-order chi connectivity index (χ1) is 9.56. The van der Waals surface area contributed by atoms with Crippen LogP contribution < -0.4 is 4.74 Å². The third-order valence-corrected chi connectivity index (χ3v) is 2.96. The highest BCUT2D eigenvalue weighted by atomic mass is 16.6. The molecule has 20 heavy (non-hydrogen) atoms. The largest absolute Gasteiger partial charge is 0.493 e. The molecule has 0 aliphatic heterocycles. The van der Waals surface area contributed by atoms with Gasteiger partial charge in [-0.15, -0.1) is 0 Å². The van der Waals surface area contributed by atoms with E-state index in [2.05, 4.69) is 4.98 Å². The minimum atomic E-state index is -0.394. The first-order valence-electron chi connectivity index (χ1n) is 6.35. The Hall–Kier alpha value is -2.43. The molecule has 0 saturated heterocycles. The van der Waals surface area contributed by atoms with Crippen LogP contribution in [0, 0.1) is 24.0 Å². The second-order valence-electron chi connectivity index (χ2n) is 4.63. The summed E-state index contributed by atoms with van der Waals surface area (Å²) in [6.45, 7) is 4.19. The van der Waals surface area contributed by atoms with Crippen LogP contribution in [-0.2, 0) is 6.42 Å². The van der Waals surface area contributed by atoms with E-state index in [1.54, 1.807) is 19.1 Å². The maximum atomic E-state index is 10.7. The SMILES string of the molecule is Cc1ccc(CCOc2ccc([N+](=O)[O-])c(C)c2)nc1. The van der Waals surface area contributed by atoms with Crippen molar-refractivity contribution in [1.29, 1.82) is 0 Å². The van der Waals surface area contributed by atoms with E-state index in [1.165, 1.54) is 6.07 Å². The molecule has 0 radical (unpaired) electrons. The lowest BCUT2D eigenvalue weighted by molar-refractivity contribution is -0.385. The number of aryl methyl sites for hydroxylation is 2. The summed E-state index contributed by atoms with van der Waals surface area (Å²) in [5.41, 5.74) is 2.80. The summed E-state index contributed by atoms with van der Waals surface area (Å²) >= 11 is 0. The molecule has 0 bridgehead atoms. The van der Waals surface area contributed by atoms with Gasteiger partial charge < -0.3 is 4.74 Å². The summed E-state index contributed by atoms with van der Waals surface area (Å²) in [7, 11) is 0. The Kier molecular flexibility index (Phi) is 4.30. The molecule has 0 spiro atoms. The van der Waals surface area contributed by atoms with Crippen LogP contribution in [0.25, 0.3) is 0 Å². The average Bonchev–Trinajstić information content (AvgIpc) is 2.41. The third-order valence-electron chi connectivity index (χ3n) is 2.96. The van der Waals surface area contributed by atoms with Gasteiger partial charge in [0.15, 0.2) is 0 Å². The molecule has 5 nitrogen and oxygen atoms in total. The molecule has 0 amide bonds. The van der Waals surface area contributed by atoms with Crippen molar-refractivity contribution in [2.75, 3.05) is 6.61 Å². The van der Waals surface area contributed by atoms with Gasteiger partial charge in [0, 0.05) is 29.9 Å². The predicted octanol–water partition coefficient (Wildman–Crippen LogP) is 3.23. The normalized spacial score (nSPS) is 10.3. The Balaban J connectivity index is 1.92. The van der Waals surface area contributed by atoms with Gasteiger partial charge in [-0.2, -0.15) is 0 Å². The predicted molar refractivity (Wildman–Crippen MR) is 76.0 cm³/mol. The molecule has 1 aromatic heterocycles. The van der Waals surface area contributed by atoms with Crippen LogP contribution in [0.3, 0.4) is 0 Å². The van der Waals surface area contributed by atoms with E-state index >= 15 is 0 Å². The average molecular weight is 272 g/mol. The number of hydrogen-bond acceptors (Lipinski definition) is 4. The van der Waals surface area contributed by atoms with Crippen molar-refractivity contribution in [3.63, 3.8) is 0 Å². The molecule has 1 heterocycles. The van der Waals surface area contributed by atoms with Crippen molar-refractivity contribution in [2.24, 2.45) is 0 Å². The van der Waals surface area contributed by atoms with Crippen LogP contribution in [-0.4, -0.2) is 16.5 Å². The van der Waals surface area contributed by atoms with Gasteiger partial charge in [0.05, 0.1) is 11.5 Å². The van der Waals surface area contributed by atoms with Crippen LogP contribution in [0.1, 0.15) is 16.8 Å². The molecule has 5 heteroatoms. The number of pyridine rings is 1. The Morgan fingerprint density at radius 3 is 2.65 bits per heavy atom. The highest BCUT2D eigenvalue weighted by molar-refractivity contribution is 5.44. The zero-order valence-electron chi connectivity index (χ0n) is 11.5. The van der Waals surface area contributed by atoms with E-state index < -0.39 is 4.92 Å². The summed E-state index contributed by atoms with van der Waals surface area (Å²) < 4.78 is 5.59. The molecular formula is C15H16N2O3. The van der Waals surface area contributed by atoms with E-state index in [0.29, 0.717) is 24.3 Å². The number of benzene rings is 1. The zero-order chi connectivity index (χ0) is 14.5. The summed E-state index contributed by atoms with van der Waals surface area (Å²) in [6, 6.07) is 8.75. The Labute approximate surface area is 117 Å². The van der Waals surface area contributed by atoms with E-state index in [-0.39, 0.29) is 5.69 Å². The van der Waals surface area contributed by atoms with E-state index in [9.17, 15) is 10.1 Å². The highest BCUT2D eigenvalue weighted by Gasteiger charge is 2.10. The fourth-order valence-corrected chi connectivity index (χ4v) is 1.84. The Morgan fingerprint density at radius 1 is 1.25 bits per heavy atom. The molecule has 0 aliphatic carbocycles. The van der Waals surface area contributed by atoms with Gasteiger partial charge in [-0.05, 0) is 37.6 Å². The van der Waals surface area contributed by atoms with Gasteiger partial charge in [0.25, 0.3) is 5.69 Å². The number of aromatic nitrogens is 1. The van der Waals surface area contributed by atoms with Crippen LogP contribution in [0.4, 0.5) is 5.69 Å². The maximum Gasteiger partial charge on any atom is 0.272 e. The van der Waals surface area contributed by atoms with Crippen molar-refractivity contribution in [3.05, 3.63) is 63.5 Å². The van der Waals surface area contributed by atoms with E-state index in [1.807, 2.05) is 25.3 Å². The molecule has 2 rings (SSSR count). The highest BCUT2D eigenvalue weighted by Crippen LogP contribution is 2.23. The lowest BCUT2D eigenvalue weighted by Crippen LogP contribution is -2.03. The van der Waals surface area contributed by atoms with Crippen molar-refractivity contribution >= 4 is 5.69 Å². The topological polar surface area (TPSA) is 65.3 Å². The molecule has 104 valence electrons. The molecule has 0 fully saturated rings. The van der Waals surface area contributed by atoms with Crippen LogP contribution in [0.5, 0.6) is 5.75 Å². The Morgan fingerprint density at radius 2 is 2.05 bits per heavy atom. The molecule has 0 unspecified atom stereocenters. The maximum absolute atomic E-state index is 10.7. The minimum absolute atomic E-state index is 0.109. The molecule has 0 saturated carbocycles. The van der Waals surface area contributed by atoms with Crippen molar-refractivity contribution < 1.29 is 9.66 Å². The van der Waals surface area contributed by atoms with E-state index in [4.69, 9.17) is 4.74 Å². The number of nitro benzene ring substituents is 1. The number of hydrogen-bond donors (Lipinski definition) is 0. The lowest BCUT2D eigenvalue weighted by Gasteiger charge is -2.07. The monoisotopic (exact) mass is 272 g/mol. The molecule has 1 aromatic carbocycles. The lowest BCUT2D eigenvalue weighted by atomic mass is 10.2. The smallest absolute Gasteiger partial charge is 0.272 e. The van der Waals surface area contributed by atoms with Gasteiger partial charge in [-0.1, -0.05) is 6.07 Å². The number of nitro groups is 1. The summed E-state index contributed by atoms with van der Waals surface area (Å²) in [5.74, 6) is 0.639. The summed E-state index contributed by atoms with van der Waals surface area (Å²) in [6.07, 6.45) is 2.53. The quantitative estimate of drug-likeness (QED) is 0.619. The van der Waals surface area contributed by atoms with Gasteiger partial charge in [-0.3, -0.25) is 15.1 Å². The Bertz CT molecular complexity index is 609. The number of nitrogens with zero attached hydrogens (tertiary/aromatic N) is 2. The second-order valence-corrected chi connectivity index (χ2v) is 4.63.